The highest BCUT2D eigenvalue weighted by molar-refractivity contribution is 5.99. The molecule has 12 nitrogen and oxygen atoms in total. The van der Waals surface area contributed by atoms with Gasteiger partial charge in [-0.15, -0.1) is 5.10 Å². The van der Waals surface area contributed by atoms with E-state index in [-0.39, 0.29) is 41.5 Å². The number of pyridine rings is 1. The molecular weight excluding hydrogens is 596 g/mol. The molecule has 3 aliphatic heterocycles. The number of nitrogens with zero attached hydrogens (tertiary/aromatic N) is 7. The van der Waals surface area contributed by atoms with Gasteiger partial charge in [0.05, 0.1) is 18.8 Å². The number of amides is 3. The molecule has 0 saturated carbocycles. The van der Waals surface area contributed by atoms with E-state index in [2.05, 4.69) is 25.5 Å². The Hall–Kier alpha value is -4.32. The van der Waals surface area contributed by atoms with Crippen LogP contribution in [0.1, 0.15) is 60.1 Å². The number of ether oxygens (including phenoxy) is 1. The summed E-state index contributed by atoms with van der Waals surface area (Å²) in [4.78, 5) is 51.4. The van der Waals surface area contributed by atoms with Crippen molar-refractivity contribution in [2.45, 2.75) is 64.1 Å². The van der Waals surface area contributed by atoms with Gasteiger partial charge in [0.25, 0.3) is 5.91 Å². The van der Waals surface area contributed by atoms with E-state index >= 15 is 0 Å². The topological polar surface area (TPSA) is 126 Å². The van der Waals surface area contributed by atoms with Gasteiger partial charge in [-0.05, 0) is 68.3 Å². The lowest BCUT2D eigenvalue weighted by Gasteiger charge is -2.40. The van der Waals surface area contributed by atoms with E-state index in [0.29, 0.717) is 51.2 Å². The van der Waals surface area contributed by atoms with E-state index in [1.54, 1.807) is 23.2 Å². The molecule has 1 N–H and O–H groups in total. The summed E-state index contributed by atoms with van der Waals surface area (Å²) in [5.41, 5.74) is 2.02. The van der Waals surface area contributed by atoms with Gasteiger partial charge in [-0.2, -0.15) is 0 Å². The second-order valence-electron chi connectivity index (χ2n) is 13.1. The van der Waals surface area contributed by atoms with Gasteiger partial charge in [0, 0.05) is 58.5 Å². The number of aromatic nitrogens is 4. The van der Waals surface area contributed by atoms with E-state index < -0.39 is 11.9 Å². The molecule has 2 aromatic heterocycles. The van der Waals surface area contributed by atoms with Gasteiger partial charge in [0.2, 0.25) is 17.7 Å². The predicted molar refractivity (Wildman–Crippen MR) is 175 cm³/mol. The summed E-state index contributed by atoms with van der Waals surface area (Å²) >= 11 is 0. The summed E-state index contributed by atoms with van der Waals surface area (Å²) in [6.45, 7) is 5.75. The number of carbonyl (C=O) groups excluding carboxylic acids is 3. The molecule has 0 unspecified atom stereocenters. The van der Waals surface area contributed by atoms with Crippen LogP contribution in [0.15, 0.2) is 54.9 Å². The van der Waals surface area contributed by atoms with Crippen LogP contribution in [0.3, 0.4) is 0 Å². The standard InChI is InChI=1S/C35H46N8O4/c1-40(23-26-9-4-2-5-10-26)32(44)21-27-12-17-42-24-28(27)13-20-47-34-30(11-8-14-36-34)33(45)37-31(35(42)46)22-29-25-43(39-38-29)19-18-41-15-6-3-7-16-41/h2,4-5,8-11,14,25,27-28,31H,3,6-7,12-13,15-24H2,1H3,(H,37,45)/t27-,28-,31+/m0/s1. The predicted octanol–water partition coefficient (Wildman–Crippen LogP) is 2.80. The maximum atomic E-state index is 14.1. The number of rotatable bonds is 9. The van der Waals surface area contributed by atoms with Crippen LogP contribution in [-0.2, 0) is 29.1 Å². The van der Waals surface area contributed by atoms with Gasteiger partial charge >= 0.3 is 0 Å². The third kappa shape index (κ3) is 8.54. The molecule has 1 aromatic carbocycles. The van der Waals surface area contributed by atoms with Crippen molar-refractivity contribution in [2.75, 3.05) is 46.4 Å². The normalized spacial score (nSPS) is 22.3. The third-order valence-corrected chi connectivity index (χ3v) is 9.77. The Morgan fingerprint density at radius 1 is 1.02 bits per heavy atom. The zero-order valence-electron chi connectivity index (χ0n) is 27.3. The molecule has 6 rings (SSSR count). The summed E-state index contributed by atoms with van der Waals surface area (Å²) in [6, 6.07) is 12.5. The maximum absolute atomic E-state index is 14.1. The zero-order valence-corrected chi connectivity index (χ0v) is 27.3. The van der Waals surface area contributed by atoms with Crippen LogP contribution in [0.2, 0.25) is 0 Å². The number of carbonyl (C=O) groups is 3. The zero-order chi connectivity index (χ0) is 32.6. The molecule has 3 aromatic rings. The van der Waals surface area contributed by atoms with Gasteiger partial charge in [-0.3, -0.25) is 19.1 Å². The van der Waals surface area contributed by atoms with Crippen molar-refractivity contribution >= 4 is 17.7 Å². The third-order valence-electron chi connectivity index (χ3n) is 9.77. The maximum Gasteiger partial charge on any atom is 0.257 e. The molecule has 3 aliphatic rings. The lowest BCUT2D eigenvalue weighted by atomic mass is 9.80. The fraction of sp³-hybridized carbons (Fsp3) is 0.543. The van der Waals surface area contributed by atoms with E-state index in [4.69, 9.17) is 4.74 Å². The first-order valence-electron chi connectivity index (χ1n) is 17.0. The largest absolute Gasteiger partial charge is 0.477 e. The van der Waals surface area contributed by atoms with Gasteiger partial charge < -0.3 is 24.8 Å². The summed E-state index contributed by atoms with van der Waals surface area (Å²) < 4.78 is 7.89. The molecule has 2 bridgehead atoms. The average Bonchev–Trinajstić information content (AvgIpc) is 3.55. The highest BCUT2D eigenvalue weighted by Crippen LogP contribution is 2.31. The van der Waals surface area contributed by atoms with Gasteiger partial charge in [-0.25, -0.2) is 4.98 Å². The van der Waals surface area contributed by atoms with Crippen molar-refractivity contribution in [2.24, 2.45) is 11.8 Å². The minimum atomic E-state index is -0.835. The molecule has 3 atom stereocenters. The first-order chi connectivity index (χ1) is 22.9. The monoisotopic (exact) mass is 642 g/mol. The molecule has 12 heteroatoms. The van der Waals surface area contributed by atoms with Crippen molar-refractivity contribution in [1.29, 1.82) is 0 Å². The second kappa shape index (κ2) is 15.5. The molecule has 2 fully saturated rings. The number of fused-ring (bicyclic) bond motifs is 3. The lowest BCUT2D eigenvalue weighted by molar-refractivity contribution is -0.137. The number of piperidine rings is 2. The number of nitrogens with one attached hydrogen (secondary N) is 1. The van der Waals surface area contributed by atoms with Crippen molar-refractivity contribution in [3.8, 4) is 5.88 Å². The highest BCUT2D eigenvalue weighted by atomic mass is 16.5. The average molecular weight is 643 g/mol. The van der Waals surface area contributed by atoms with Crippen molar-refractivity contribution in [3.63, 3.8) is 0 Å². The van der Waals surface area contributed by atoms with Crippen LogP contribution in [0.5, 0.6) is 5.88 Å². The summed E-state index contributed by atoms with van der Waals surface area (Å²) in [7, 11) is 1.85. The minimum absolute atomic E-state index is 0.0559. The van der Waals surface area contributed by atoms with Crippen molar-refractivity contribution in [1.82, 2.24) is 40.0 Å². The first kappa shape index (κ1) is 32.6. The summed E-state index contributed by atoms with van der Waals surface area (Å²) in [5, 5.41) is 11.7. The Bertz CT molecular complexity index is 1510. The van der Waals surface area contributed by atoms with Crippen LogP contribution in [-0.4, -0.2) is 105 Å². The Labute approximate surface area is 276 Å². The Morgan fingerprint density at radius 2 is 1.85 bits per heavy atom. The van der Waals surface area contributed by atoms with E-state index in [1.165, 1.54) is 19.3 Å². The smallest absolute Gasteiger partial charge is 0.257 e. The number of hydrogen-bond acceptors (Lipinski definition) is 8. The Kier molecular flexibility index (Phi) is 10.8. The van der Waals surface area contributed by atoms with Crippen molar-refractivity contribution in [3.05, 3.63) is 71.7 Å². The van der Waals surface area contributed by atoms with Crippen LogP contribution in [0.25, 0.3) is 0 Å². The SMILES string of the molecule is CN(Cc1ccccc1)C(=O)C[C@@H]1CCN2C[C@@H]1CCOc1ncccc1C(=O)N[C@H](Cc1cn(CCN3CCCCC3)nn1)C2=O. The first-order valence-corrected chi connectivity index (χ1v) is 17.0. The number of benzene rings is 1. The molecule has 3 amide bonds. The van der Waals surface area contributed by atoms with E-state index in [0.717, 1.165) is 31.7 Å². The van der Waals surface area contributed by atoms with Crippen LogP contribution in [0.4, 0.5) is 0 Å². The molecule has 2 saturated heterocycles. The lowest BCUT2D eigenvalue weighted by Crippen LogP contribution is -2.54. The molecule has 250 valence electrons. The van der Waals surface area contributed by atoms with Gasteiger partial charge in [-0.1, -0.05) is 42.0 Å². The fourth-order valence-corrected chi connectivity index (χ4v) is 7.02. The van der Waals surface area contributed by atoms with Gasteiger partial charge in [0.15, 0.2) is 0 Å². The summed E-state index contributed by atoms with van der Waals surface area (Å²) in [6.07, 6.45) is 9.19. The van der Waals surface area contributed by atoms with Crippen LogP contribution < -0.4 is 10.1 Å². The molecule has 0 radical (unpaired) electrons. The quantitative estimate of drug-likeness (QED) is 0.378. The second-order valence-corrected chi connectivity index (χ2v) is 13.1. The molecular formula is C35H46N8O4. The van der Waals surface area contributed by atoms with Crippen LogP contribution >= 0.6 is 0 Å². The fourth-order valence-electron chi connectivity index (χ4n) is 7.02. The Balaban J connectivity index is 1.16. The number of hydrogen-bond donors (Lipinski definition) is 1. The van der Waals surface area contributed by atoms with Gasteiger partial charge in [0.1, 0.15) is 11.6 Å². The highest BCUT2D eigenvalue weighted by Gasteiger charge is 2.37. The minimum Gasteiger partial charge on any atom is -0.477 e. The summed E-state index contributed by atoms with van der Waals surface area (Å²) in [5.74, 6) is -0.0747. The molecule has 5 heterocycles. The van der Waals surface area contributed by atoms with E-state index in [1.807, 2.05) is 53.2 Å². The van der Waals surface area contributed by atoms with Crippen molar-refractivity contribution < 1.29 is 19.1 Å². The Morgan fingerprint density at radius 3 is 2.68 bits per heavy atom. The molecule has 47 heavy (non-hydrogen) atoms. The van der Waals surface area contributed by atoms with Crippen LogP contribution in [0, 0.1) is 11.8 Å². The molecule has 0 spiro atoms. The molecule has 0 aliphatic carbocycles. The number of likely N-dealkylation sites (tertiary alicyclic amines) is 1. The van der Waals surface area contributed by atoms with E-state index in [9.17, 15) is 14.4 Å².